The van der Waals surface area contributed by atoms with E-state index in [-0.39, 0.29) is 18.0 Å². The number of hydrogen-bond acceptors (Lipinski definition) is 1. The zero-order valence-corrected chi connectivity index (χ0v) is 13.7. The first-order valence-electron chi connectivity index (χ1n) is 6.60. The third kappa shape index (κ3) is 3.93. The Morgan fingerprint density at radius 1 is 1.32 bits per heavy atom. The lowest BCUT2D eigenvalue weighted by Gasteiger charge is -2.31. The molecule has 0 fully saturated rings. The van der Waals surface area contributed by atoms with Crippen molar-refractivity contribution in [1.82, 2.24) is 4.90 Å². The van der Waals surface area contributed by atoms with E-state index in [4.69, 9.17) is 0 Å². The highest BCUT2D eigenvalue weighted by atomic mass is 79.9. The largest absolute Gasteiger partial charge is 0.334 e. The number of rotatable bonds is 5. The maximum atomic E-state index is 12.7. The van der Waals surface area contributed by atoms with Crippen molar-refractivity contribution in [2.75, 3.05) is 0 Å². The molecule has 0 aliphatic carbocycles. The van der Waals surface area contributed by atoms with E-state index in [1.54, 1.807) is 0 Å². The van der Waals surface area contributed by atoms with Crippen LogP contribution in [0.5, 0.6) is 0 Å². The maximum Gasteiger partial charge on any atom is 0.254 e. The molecule has 0 radical (unpaired) electrons. The number of benzene rings is 1. The minimum atomic E-state index is 0.0920. The first-order valence-corrected chi connectivity index (χ1v) is 7.39. The van der Waals surface area contributed by atoms with Crippen LogP contribution in [0.4, 0.5) is 0 Å². The summed E-state index contributed by atoms with van der Waals surface area (Å²) in [5.41, 5.74) is 1.78. The Labute approximate surface area is 124 Å². The van der Waals surface area contributed by atoms with Gasteiger partial charge in [-0.3, -0.25) is 4.79 Å². The lowest BCUT2D eigenvalue weighted by molar-refractivity contribution is 0.0642. The van der Waals surface area contributed by atoms with E-state index in [2.05, 4.69) is 22.5 Å². The van der Waals surface area contributed by atoms with E-state index in [1.165, 1.54) is 0 Å². The molecule has 1 rings (SSSR count). The lowest BCUT2D eigenvalue weighted by atomic mass is 10.0. The normalized spacial score (nSPS) is 10.9. The summed E-state index contributed by atoms with van der Waals surface area (Å²) in [5, 5.41) is 0. The fraction of sp³-hybridized carbons (Fsp3) is 0.438. The molecule has 1 aromatic rings. The van der Waals surface area contributed by atoms with Gasteiger partial charge in [0.2, 0.25) is 0 Å². The van der Waals surface area contributed by atoms with E-state index in [0.717, 1.165) is 15.6 Å². The first kappa shape index (κ1) is 16.0. The highest BCUT2D eigenvalue weighted by Gasteiger charge is 2.23. The minimum Gasteiger partial charge on any atom is -0.334 e. The fourth-order valence-electron chi connectivity index (χ4n) is 2.30. The number of carbonyl (C=O) groups is 1. The third-order valence-electron chi connectivity index (χ3n) is 3.01. The summed E-state index contributed by atoms with van der Waals surface area (Å²) in [5.74, 6) is 0.0920. The molecule has 0 saturated carbocycles. The zero-order valence-electron chi connectivity index (χ0n) is 12.1. The minimum absolute atomic E-state index is 0.0920. The predicted octanol–water partition coefficient (Wildman–Crippen LogP) is 4.44. The van der Waals surface area contributed by atoms with Crippen molar-refractivity contribution >= 4 is 21.8 Å². The molecule has 0 atom stereocenters. The second-order valence-corrected chi connectivity index (χ2v) is 6.11. The molecule has 1 aromatic carbocycles. The average molecular weight is 324 g/mol. The topological polar surface area (TPSA) is 20.3 Å². The molecule has 104 valence electrons. The molecule has 0 aliphatic rings. The summed E-state index contributed by atoms with van der Waals surface area (Å²) < 4.78 is 0.988. The maximum absolute atomic E-state index is 12.7. The molecule has 0 aliphatic heterocycles. The second kappa shape index (κ2) is 6.90. The van der Waals surface area contributed by atoms with Crippen LogP contribution in [-0.2, 0) is 6.42 Å². The zero-order chi connectivity index (χ0) is 14.6. The van der Waals surface area contributed by atoms with Crippen LogP contribution in [0.2, 0.25) is 0 Å². The first-order chi connectivity index (χ1) is 8.88. The predicted molar refractivity (Wildman–Crippen MR) is 84.5 cm³/mol. The molecular weight excluding hydrogens is 302 g/mol. The van der Waals surface area contributed by atoms with Crippen LogP contribution >= 0.6 is 15.9 Å². The van der Waals surface area contributed by atoms with Crippen LogP contribution in [-0.4, -0.2) is 22.9 Å². The number of amides is 1. The van der Waals surface area contributed by atoms with Gasteiger partial charge in [-0.05, 0) is 57.9 Å². The monoisotopic (exact) mass is 323 g/mol. The van der Waals surface area contributed by atoms with E-state index in [0.29, 0.717) is 6.42 Å². The molecule has 1 amide bonds. The summed E-state index contributed by atoms with van der Waals surface area (Å²) >= 11 is 3.45. The van der Waals surface area contributed by atoms with Crippen LogP contribution in [0.1, 0.15) is 43.6 Å². The molecule has 2 nitrogen and oxygen atoms in total. The molecular formula is C16H22BrNO. The third-order valence-corrected chi connectivity index (χ3v) is 3.50. The highest BCUT2D eigenvalue weighted by Crippen LogP contribution is 2.21. The highest BCUT2D eigenvalue weighted by molar-refractivity contribution is 9.10. The average Bonchev–Trinajstić information content (AvgIpc) is 2.28. The van der Waals surface area contributed by atoms with Gasteiger partial charge in [0.15, 0.2) is 0 Å². The quantitative estimate of drug-likeness (QED) is 0.734. The van der Waals surface area contributed by atoms with Crippen LogP contribution < -0.4 is 0 Å². The van der Waals surface area contributed by atoms with Crippen molar-refractivity contribution in [2.45, 2.75) is 46.2 Å². The Bertz CT molecular complexity index is 458. The Hall–Kier alpha value is -1.09. The molecule has 0 N–H and O–H groups in total. The van der Waals surface area contributed by atoms with Gasteiger partial charge in [-0.25, -0.2) is 0 Å². The Balaban J connectivity index is 3.20. The van der Waals surface area contributed by atoms with E-state index < -0.39 is 0 Å². The molecule has 0 unspecified atom stereocenters. The van der Waals surface area contributed by atoms with Gasteiger partial charge in [0.1, 0.15) is 0 Å². The molecule has 0 spiro atoms. The Kier molecular flexibility index (Phi) is 5.80. The SMILES string of the molecule is C=CCc1cc(Br)ccc1C(=O)N(C(C)C)C(C)C. The van der Waals surface area contributed by atoms with Gasteiger partial charge in [-0.1, -0.05) is 22.0 Å². The number of carbonyl (C=O) groups excluding carboxylic acids is 1. The number of hydrogen-bond donors (Lipinski definition) is 0. The standard InChI is InChI=1S/C16H22BrNO/c1-6-7-13-10-14(17)8-9-15(13)16(19)18(11(2)3)12(4)5/h6,8-12H,1,7H2,2-5H3. The van der Waals surface area contributed by atoms with E-state index >= 15 is 0 Å². The van der Waals surface area contributed by atoms with Gasteiger partial charge in [0.05, 0.1) is 0 Å². The van der Waals surface area contributed by atoms with Gasteiger partial charge >= 0.3 is 0 Å². The summed E-state index contributed by atoms with van der Waals surface area (Å²) in [6.45, 7) is 11.9. The van der Waals surface area contributed by atoms with Gasteiger partial charge < -0.3 is 4.90 Å². The lowest BCUT2D eigenvalue weighted by Crippen LogP contribution is -2.42. The van der Waals surface area contributed by atoms with Crippen LogP contribution in [0, 0.1) is 0 Å². The van der Waals surface area contributed by atoms with Gasteiger partial charge in [-0.2, -0.15) is 0 Å². The van der Waals surface area contributed by atoms with Crippen molar-refractivity contribution < 1.29 is 4.79 Å². The molecule has 3 heteroatoms. The molecule has 0 bridgehead atoms. The molecule has 0 heterocycles. The summed E-state index contributed by atoms with van der Waals surface area (Å²) in [6, 6.07) is 6.18. The summed E-state index contributed by atoms with van der Waals surface area (Å²) in [7, 11) is 0. The number of halogens is 1. The van der Waals surface area contributed by atoms with Crippen molar-refractivity contribution in [3.63, 3.8) is 0 Å². The summed E-state index contributed by atoms with van der Waals surface area (Å²) in [6.07, 6.45) is 2.53. The molecule has 19 heavy (non-hydrogen) atoms. The summed E-state index contributed by atoms with van der Waals surface area (Å²) in [4.78, 5) is 14.6. The second-order valence-electron chi connectivity index (χ2n) is 5.19. The van der Waals surface area contributed by atoms with E-state index in [1.807, 2.05) is 56.9 Å². The van der Waals surface area contributed by atoms with Crippen molar-refractivity contribution in [1.29, 1.82) is 0 Å². The molecule has 0 saturated heterocycles. The van der Waals surface area contributed by atoms with Gasteiger partial charge in [0, 0.05) is 22.1 Å². The van der Waals surface area contributed by atoms with Gasteiger partial charge in [0.25, 0.3) is 5.91 Å². The van der Waals surface area contributed by atoms with Gasteiger partial charge in [-0.15, -0.1) is 6.58 Å². The van der Waals surface area contributed by atoms with Crippen molar-refractivity contribution in [2.24, 2.45) is 0 Å². The Morgan fingerprint density at radius 2 is 1.89 bits per heavy atom. The molecule has 0 aromatic heterocycles. The number of allylic oxidation sites excluding steroid dienone is 1. The smallest absolute Gasteiger partial charge is 0.254 e. The van der Waals surface area contributed by atoms with Crippen molar-refractivity contribution in [3.8, 4) is 0 Å². The number of nitrogens with zero attached hydrogens (tertiary/aromatic N) is 1. The van der Waals surface area contributed by atoms with Crippen LogP contribution in [0.3, 0.4) is 0 Å². The Morgan fingerprint density at radius 3 is 2.37 bits per heavy atom. The van der Waals surface area contributed by atoms with Crippen molar-refractivity contribution in [3.05, 3.63) is 46.5 Å². The van der Waals surface area contributed by atoms with Crippen LogP contribution in [0.15, 0.2) is 35.3 Å². The van der Waals surface area contributed by atoms with Crippen LogP contribution in [0.25, 0.3) is 0 Å². The fourth-order valence-corrected chi connectivity index (χ4v) is 2.71. The van der Waals surface area contributed by atoms with E-state index in [9.17, 15) is 4.79 Å².